The number of benzene rings is 2. The van der Waals surface area contributed by atoms with Gasteiger partial charge in [-0.25, -0.2) is 0 Å². The van der Waals surface area contributed by atoms with Gasteiger partial charge in [-0.15, -0.1) is 0 Å². The van der Waals surface area contributed by atoms with E-state index in [-0.39, 0.29) is 24.4 Å². The maximum Gasteiger partial charge on any atom is 0.277 e. The second-order valence-electron chi connectivity index (χ2n) is 8.35. The molecule has 7 heteroatoms. The Morgan fingerprint density at radius 1 is 1.10 bits per heavy atom. The molecule has 2 aliphatic rings. The summed E-state index contributed by atoms with van der Waals surface area (Å²) in [5, 5.41) is 2.85. The van der Waals surface area contributed by atoms with Crippen molar-refractivity contribution in [1.29, 1.82) is 0 Å². The molecule has 0 bridgehead atoms. The lowest BCUT2D eigenvalue weighted by molar-refractivity contribution is -0.910. The number of aryl methyl sites for hydroxylation is 1. The molecule has 31 heavy (non-hydrogen) atoms. The van der Waals surface area contributed by atoms with Gasteiger partial charge in [-0.05, 0) is 37.3 Å². The fourth-order valence-corrected chi connectivity index (χ4v) is 4.27. The number of hydrogen-bond acceptors (Lipinski definition) is 4. The van der Waals surface area contributed by atoms with Gasteiger partial charge < -0.3 is 24.6 Å². The zero-order valence-corrected chi connectivity index (χ0v) is 18.1. The van der Waals surface area contributed by atoms with Gasteiger partial charge in [-0.1, -0.05) is 17.7 Å². The number of likely N-dealkylation sites (tertiary alicyclic amines) is 1. The van der Waals surface area contributed by atoms with Crippen LogP contribution in [0, 0.1) is 6.92 Å². The topological polar surface area (TPSA) is 72.3 Å². The van der Waals surface area contributed by atoms with Gasteiger partial charge in [0.2, 0.25) is 5.91 Å². The molecule has 4 rings (SSSR count). The first-order chi connectivity index (χ1) is 15.0. The van der Waals surface area contributed by atoms with Crippen molar-refractivity contribution >= 4 is 17.5 Å². The minimum atomic E-state index is -0.195. The van der Waals surface area contributed by atoms with E-state index in [9.17, 15) is 9.59 Å². The molecule has 0 spiro atoms. The summed E-state index contributed by atoms with van der Waals surface area (Å²) < 4.78 is 11.3. The Morgan fingerprint density at radius 3 is 2.61 bits per heavy atom. The Kier molecular flexibility index (Phi) is 6.42. The van der Waals surface area contributed by atoms with Crippen molar-refractivity contribution in [3.8, 4) is 11.5 Å². The largest absolute Gasteiger partial charge is 0.486 e. The van der Waals surface area contributed by atoms with Crippen molar-refractivity contribution in [2.75, 3.05) is 45.2 Å². The van der Waals surface area contributed by atoms with E-state index in [2.05, 4.69) is 11.4 Å². The van der Waals surface area contributed by atoms with Crippen LogP contribution >= 0.6 is 0 Å². The van der Waals surface area contributed by atoms with Crippen LogP contribution in [0.4, 0.5) is 5.69 Å². The Balaban J connectivity index is 1.33. The number of anilines is 1. The third-order valence-corrected chi connectivity index (χ3v) is 5.97. The van der Waals surface area contributed by atoms with Crippen molar-refractivity contribution in [1.82, 2.24) is 4.90 Å². The third-order valence-electron chi connectivity index (χ3n) is 5.97. The number of carbonyl (C=O) groups excluding carboxylic acids is 2. The number of nitrogens with zero attached hydrogens (tertiary/aromatic N) is 1. The second kappa shape index (κ2) is 9.39. The smallest absolute Gasteiger partial charge is 0.277 e. The zero-order valence-electron chi connectivity index (χ0n) is 18.1. The molecule has 2 aliphatic heterocycles. The number of fused-ring (bicyclic) bond motifs is 1. The number of likely N-dealkylation sites (N-methyl/N-ethyl adjacent to an activating group) is 1. The number of amides is 2. The summed E-state index contributed by atoms with van der Waals surface area (Å²) in [5.41, 5.74) is 3.04. The first-order valence-electron chi connectivity index (χ1n) is 10.8. The van der Waals surface area contributed by atoms with Gasteiger partial charge >= 0.3 is 0 Å². The predicted molar refractivity (Wildman–Crippen MR) is 118 cm³/mol. The van der Waals surface area contributed by atoms with Crippen LogP contribution < -0.4 is 19.7 Å². The van der Waals surface area contributed by atoms with Gasteiger partial charge in [0.25, 0.3) is 5.91 Å². The number of nitrogens with one attached hydrogen (secondary N) is 2. The molecule has 1 fully saturated rings. The van der Waals surface area contributed by atoms with Gasteiger partial charge in [0.15, 0.2) is 18.0 Å². The lowest BCUT2D eigenvalue weighted by atomic mass is 10.0. The molecule has 2 atom stereocenters. The Morgan fingerprint density at radius 2 is 1.84 bits per heavy atom. The molecule has 0 aromatic heterocycles. The molecule has 7 nitrogen and oxygen atoms in total. The third kappa shape index (κ3) is 5.17. The van der Waals surface area contributed by atoms with E-state index in [1.54, 1.807) is 7.05 Å². The van der Waals surface area contributed by atoms with Gasteiger partial charge in [0, 0.05) is 31.1 Å². The molecule has 1 unspecified atom stereocenters. The summed E-state index contributed by atoms with van der Waals surface area (Å²) in [6, 6.07) is 13.9. The highest BCUT2D eigenvalue weighted by molar-refractivity contribution is 5.94. The molecular weight excluding hydrogens is 394 g/mol. The fourth-order valence-electron chi connectivity index (χ4n) is 4.27. The zero-order chi connectivity index (χ0) is 21.8. The van der Waals surface area contributed by atoms with Crippen molar-refractivity contribution in [2.45, 2.75) is 25.8 Å². The normalized spacial score (nSPS) is 19.7. The molecule has 1 saturated heterocycles. The number of quaternary nitrogens is 1. The number of hydrogen-bond donors (Lipinski definition) is 2. The van der Waals surface area contributed by atoms with Crippen molar-refractivity contribution in [3.05, 3.63) is 53.6 Å². The lowest BCUT2D eigenvalue weighted by Gasteiger charge is -2.25. The standard InChI is InChI=1S/C24H29N3O4/c1-17-5-8-19(9-6-17)25-23(28)15-26(2)24(29)16-27-11-3-4-20(27)18-7-10-21-22(14-18)31-13-12-30-21/h5-10,14,20H,3-4,11-13,15-16H2,1-2H3,(H,25,28)/p+1/t20-/m0/s1. The van der Waals surface area contributed by atoms with Crippen LogP contribution in [0.5, 0.6) is 11.5 Å². The molecule has 0 saturated carbocycles. The quantitative estimate of drug-likeness (QED) is 0.739. The highest BCUT2D eigenvalue weighted by atomic mass is 16.6. The number of carbonyl (C=O) groups is 2. The summed E-state index contributed by atoms with van der Waals surface area (Å²) in [6.45, 7) is 4.48. The monoisotopic (exact) mass is 424 g/mol. The van der Waals surface area contributed by atoms with E-state index >= 15 is 0 Å². The fraction of sp³-hybridized carbons (Fsp3) is 0.417. The summed E-state index contributed by atoms with van der Waals surface area (Å²) in [5.74, 6) is 1.34. The maximum atomic E-state index is 12.8. The molecule has 0 radical (unpaired) electrons. The second-order valence-corrected chi connectivity index (χ2v) is 8.35. The first kappa shape index (κ1) is 21.2. The van der Waals surface area contributed by atoms with Gasteiger partial charge in [-0.3, -0.25) is 9.59 Å². The van der Waals surface area contributed by atoms with E-state index < -0.39 is 0 Å². The average molecular weight is 425 g/mol. The van der Waals surface area contributed by atoms with Crippen LogP contribution in [-0.4, -0.2) is 56.6 Å². The van der Waals surface area contributed by atoms with Crippen LogP contribution in [0.15, 0.2) is 42.5 Å². The number of rotatable bonds is 6. The minimum Gasteiger partial charge on any atom is -0.486 e. The van der Waals surface area contributed by atoms with E-state index in [1.165, 1.54) is 15.4 Å². The molecular formula is C24H30N3O4+. The summed E-state index contributed by atoms with van der Waals surface area (Å²) in [6.07, 6.45) is 2.10. The predicted octanol–water partition coefficient (Wildman–Crippen LogP) is 1.58. The summed E-state index contributed by atoms with van der Waals surface area (Å²) >= 11 is 0. The molecule has 164 valence electrons. The molecule has 2 aromatic carbocycles. The van der Waals surface area contributed by atoms with Crippen LogP contribution in [0.1, 0.15) is 30.0 Å². The van der Waals surface area contributed by atoms with Crippen LogP contribution in [0.25, 0.3) is 0 Å². The van der Waals surface area contributed by atoms with Gasteiger partial charge in [-0.2, -0.15) is 0 Å². The Bertz CT molecular complexity index is 944. The Hall–Kier alpha value is -3.06. The van der Waals surface area contributed by atoms with Gasteiger partial charge in [0.05, 0.1) is 13.1 Å². The van der Waals surface area contributed by atoms with Gasteiger partial charge in [0.1, 0.15) is 19.3 Å². The van der Waals surface area contributed by atoms with Crippen LogP contribution in [0.2, 0.25) is 0 Å². The minimum absolute atomic E-state index is 0.0292. The SMILES string of the molecule is Cc1ccc(NC(=O)CN(C)C(=O)C[NH+]2CCC[C@H]2c2ccc3c(c2)OCCO3)cc1. The maximum absolute atomic E-state index is 12.8. The molecule has 2 aromatic rings. The average Bonchev–Trinajstić information content (AvgIpc) is 3.23. The molecule has 2 N–H and O–H groups in total. The highest BCUT2D eigenvalue weighted by Gasteiger charge is 2.33. The summed E-state index contributed by atoms with van der Waals surface area (Å²) in [7, 11) is 1.69. The van der Waals surface area contributed by atoms with Crippen molar-refractivity contribution in [2.24, 2.45) is 0 Å². The number of ether oxygens (including phenoxy) is 2. The van der Waals surface area contributed by atoms with Crippen LogP contribution in [0.3, 0.4) is 0 Å². The first-order valence-corrected chi connectivity index (χ1v) is 10.8. The summed E-state index contributed by atoms with van der Waals surface area (Å²) in [4.78, 5) is 27.9. The molecule has 0 aliphatic carbocycles. The van der Waals surface area contributed by atoms with Crippen molar-refractivity contribution < 1.29 is 24.0 Å². The lowest BCUT2D eigenvalue weighted by Crippen LogP contribution is -3.11. The van der Waals surface area contributed by atoms with E-state index in [1.807, 2.05) is 43.3 Å². The van der Waals surface area contributed by atoms with Crippen molar-refractivity contribution in [3.63, 3.8) is 0 Å². The van der Waals surface area contributed by atoms with Crippen LogP contribution in [-0.2, 0) is 9.59 Å². The molecule has 2 heterocycles. The molecule has 2 amide bonds. The van der Waals surface area contributed by atoms with E-state index in [4.69, 9.17) is 9.47 Å². The highest BCUT2D eigenvalue weighted by Crippen LogP contribution is 2.33. The van der Waals surface area contributed by atoms with E-state index in [0.717, 1.165) is 42.1 Å². The Labute approximate surface area is 182 Å². The van der Waals surface area contributed by atoms with E-state index in [0.29, 0.717) is 19.8 Å².